The van der Waals surface area contributed by atoms with E-state index in [4.69, 9.17) is 5.73 Å². The lowest BCUT2D eigenvalue weighted by atomic mass is 10.2. The number of nitrogens with two attached hydrogens (primary N) is 1. The number of nitrogen functional groups attached to an aromatic ring is 1. The van der Waals surface area contributed by atoms with Gasteiger partial charge in [0.2, 0.25) is 0 Å². The summed E-state index contributed by atoms with van der Waals surface area (Å²) < 4.78 is 0. The molecule has 0 atom stereocenters. The minimum absolute atomic E-state index is 0.243. The number of anilines is 4. The van der Waals surface area contributed by atoms with Crippen LogP contribution in [0.25, 0.3) is 0 Å². The molecule has 1 heterocycles. The first kappa shape index (κ1) is 18.3. The predicted molar refractivity (Wildman–Crippen MR) is 111 cm³/mol. The molecule has 2 aromatic carbocycles. The van der Waals surface area contributed by atoms with E-state index in [1.807, 2.05) is 12.1 Å². The monoisotopic (exact) mass is 361 g/mol. The van der Waals surface area contributed by atoms with E-state index in [2.05, 4.69) is 52.1 Å². The van der Waals surface area contributed by atoms with Crippen LogP contribution in [0.5, 0.6) is 0 Å². The van der Waals surface area contributed by atoms with Gasteiger partial charge in [-0.3, -0.25) is 4.79 Å². The summed E-state index contributed by atoms with van der Waals surface area (Å²) in [6.07, 6.45) is 1.55. The molecule has 0 unspecified atom stereocenters. The smallest absolute Gasteiger partial charge is 0.257 e. The number of aromatic nitrogens is 1. The van der Waals surface area contributed by atoms with Crippen LogP contribution >= 0.6 is 0 Å². The Kier molecular flexibility index (Phi) is 5.89. The molecule has 0 saturated carbocycles. The van der Waals surface area contributed by atoms with Crippen molar-refractivity contribution in [3.8, 4) is 0 Å². The quantitative estimate of drug-likeness (QED) is 0.380. The molecule has 3 aromatic rings. The van der Waals surface area contributed by atoms with Crippen LogP contribution in [0, 0.1) is 6.92 Å². The van der Waals surface area contributed by atoms with E-state index in [1.165, 1.54) is 5.56 Å². The minimum atomic E-state index is -0.243. The molecule has 0 aliphatic rings. The number of para-hydroxylation sites is 2. The van der Waals surface area contributed by atoms with Gasteiger partial charge in [-0.15, -0.1) is 0 Å². The first-order valence-electron chi connectivity index (χ1n) is 8.78. The van der Waals surface area contributed by atoms with E-state index < -0.39 is 0 Å². The third-order valence-corrected chi connectivity index (χ3v) is 4.05. The maximum atomic E-state index is 12.3. The maximum absolute atomic E-state index is 12.3. The first-order chi connectivity index (χ1) is 13.1. The van der Waals surface area contributed by atoms with Gasteiger partial charge in [-0.25, -0.2) is 4.98 Å². The van der Waals surface area contributed by atoms with Gasteiger partial charge in [0.1, 0.15) is 5.82 Å². The number of amides is 1. The normalized spacial score (nSPS) is 10.3. The molecular formula is C21H23N5O. The molecule has 5 N–H and O–H groups in total. The summed E-state index contributed by atoms with van der Waals surface area (Å²) in [5, 5.41) is 9.35. The second kappa shape index (κ2) is 8.71. The summed E-state index contributed by atoms with van der Waals surface area (Å²) in [6.45, 7) is 3.54. The zero-order valence-corrected chi connectivity index (χ0v) is 15.2. The largest absolute Gasteiger partial charge is 0.397 e. The van der Waals surface area contributed by atoms with Crippen LogP contribution in [0.15, 0.2) is 66.9 Å². The van der Waals surface area contributed by atoms with Crippen molar-refractivity contribution in [3.63, 3.8) is 0 Å². The number of carbonyl (C=O) groups is 1. The van der Waals surface area contributed by atoms with Gasteiger partial charge in [0.25, 0.3) is 5.91 Å². The topological polar surface area (TPSA) is 92.1 Å². The average molecular weight is 361 g/mol. The van der Waals surface area contributed by atoms with Gasteiger partial charge in [-0.1, -0.05) is 29.8 Å². The molecule has 6 nitrogen and oxygen atoms in total. The number of nitrogens with one attached hydrogen (secondary N) is 3. The number of rotatable bonds is 7. The molecule has 1 aromatic heterocycles. The lowest BCUT2D eigenvalue weighted by molar-refractivity contribution is 0.102. The van der Waals surface area contributed by atoms with Gasteiger partial charge in [0.05, 0.1) is 16.9 Å². The van der Waals surface area contributed by atoms with E-state index >= 15 is 0 Å². The van der Waals surface area contributed by atoms with E-state index in [1.54, 1.807) is 30.5 Å². The van der Waals surface area contributed by atoms with Gasteiger partial charge >= 0.3 is 0 Å². The maximum Gasteiger partial charge on any atom is 0.257 e. The molecule has 0 aliphatic heterocycles. The fourth-order valence-corrected chi connectivity index (χ4v) is 2.51. The average Bonchev–Trinajstić information content (AvgIpc) is 2.69. The van der Waals surface area contributed by atoms with E-state index in [9.17, 15) is 4.79 Å². The summed E-state index contributed by atoms with van der Waals surface area (Å²) in [5.41, 5.74) is 9.76. The Balaban J connectivity index is 1.47. The Morgan fingerprint density at radius 1 is 0.963 bits per heavy atom. The van der Waals surface area contributed by atoms with Crippen LogP contribution in [0.1, 0.15) is 15.9 Å². The highest BCUT2D eigenvalue weighted by Gasteiger charge is 2.08. The van der Waals surface area contributed by atoms with E-state index in [-0.39, 0.29) is 5.91 Å². The van der Waals surface area contributed by atoms with Crippen LogP contribution < -0.4 is 21.7 Å². The summed E-state index contributed by atoms with van der Waals surface area (Å²) in [4.78, 5) is 16.6. The Morgan fingerprint density at radius 2 is 1.70 bits per heavy atom. The van der Waals surface area contributed by atoms with Crippen molar-refractivity contribution in [1.82, 2.24) is 4.98 Å². The molecule has 6 heteroatoms. The Morgan fingerprint density at radius 3 is 2.41 bits per heavy atom. The molecular weight excluding hydrogens is 338 g/mol. The number of benzene rings is 2. The van der Waals surface area contributed by atoms with Crippen molar-refractivity contribution < 1.29 is 4.79 Å². The molecule has 0 saturated heterocycles. The summed E-state index contributed by atoms with van der Waals surface area (Å²) in [7, 11) is 0. The van der Waals surface area contributed by atoms with Gasteiger partial charge < -0.3 is 21.7 Å². The lowest BCUT2D eigenvalue weighted by Crippen LogP contribution is -2.15. The highest BCUT2D eigenvalue weighted by molar-refractivity contribution is 6.05. The molecule has 1 amide bonds. The molecule has 27 heavy (non-hydrogen) atoms. The second-order valence-corrected chi connectivity index (χ2v) is 6.19. The number of pyridine rings is 1. The lowest BCUT2D eigenvalue weighted by Gasteiger charge is -2.10. The van der Waals surface area contributed by atoms with Crippen molar-refractivity contribution in [3.05, 3.63) is 78.0 Å². The highest BCUT2D eigenvalue weighted by atomic mass is 16.1. The van der Waals surface area contributed by atoms with Gasteiger partial charge in [0.15, 0.2) is 0 Å². The Bertz CT molecular complexity index is 891. The van der Waals surface area contributed by atoms with Gasteiger partial charge in [-0.05, 0) is 43.3 Å². The van der Waals surface area contributed by atoms with E-state index in [0.717, 1.165) is 18.1 Å². The van der Waals surface area contributed by atoms with Crippen molar-refractivity contribution in [2.24, 2.45) is 0 Å². The summed E-state index contributed by atoms with van der Waals surface area (Å²) in [5.74, 6) is 0.476. The van der Waals surface area contributed by atoms with Crippen molar-refractivity contribution in [2.45, 2.75) is 6.92 Å². The van der Waals surface area contributed by atoms with E-state index in [0.29, 0.717) is 23.5 Å². The second-order valence-electron chi connectivity index (χ2n) is 6.19. The van der Waals surface area contributed by atoms with Gasteiger partial charge in [0, 0.05) is 25.0 Å². The number of aryl methyl sites for hydroxylation is 1. The fraction of sp³-hybridized carbons (Fsp3) is 0.143. The molecule has 0 bridgehead atoms. The highest BCUT2D eigenvalue weighted by Crippen LogP contribution is 2.18. The molecule has 0 aliphatic carbocycles. The van der Waals surface area contributed by atoms with Gasteiger partial charge in [-0.2, -0.15) is 0 Å². The summed E-state index contributed by atoms with van der Waals surface area (Å²) in [6, 6.07) is 18.9. The Hall–Kier alpha value is -3.54. The zero-order chi connectivity index (χ0) is 19.1. The van der Waals surface area contributed by atoms with Crippen LogP contribution in [0.3, 0.4) is 0 Å². The SMILES string of the molecule is Cc1ccc(NCCNc2ccc(C(=O)Nc3ccccc3N)cn2)cc1. The third-order valence-electron chi connectivity index (χ3n) is 4.05. The number of hydrogen-bond donors (Lipinski definition) is 4. The van der Waals surface area contributed by atoms with Crippen LogP contribution in [-0.2, 0) is 0 Å². The minimum Gasteiger partial charge on any atom is -0.397 e. The first-order valence-corrected chi connectivity index (χ1v) is 8.78. The Labute approximate surface area is 158 Å². The summed E-state index contributed by atoms with van der Waals surface area (Å²) >= 11 is 0. The zero-order valence-electron chi connectivity index (χ0n) is 15.2. The van der Waals surface area contributed by atoms with Crippen molar-refractivity contribution >= 4 is 28.8 Å². The number of nitrogens with zero attached hydrogens (tertiary/aromatic N) is 1. The third kappa shape index (κ3) is 5.22. The molecule has 0 fully saturated rings. The van der Waals surface area contributed by atoms with Crippen molar-refractivity contribution in [2.75, 3.05) is 34.8 Å². The molecule has 3 rings (SSSR count). The molecule has 0 radical (unpaired) electrons. The standard InChI is InChI=1S/C21H23N5O/c1-15-6-9-17(10-7-15)23-12-13-24-20-11-8-16(14-25-20)21(27)26-19-5-3-2-4-18(19)22/h2-11,14,23H,12-13,22H2,1H3,(H,24,25)(H,26,27). The van der Waals surface area contributed by atoms with Crippen LogP contribution in [-0.4, -0.2) is 24.0 Å². The van der Waals surface area contributed by atoms with Crippen LogP contribution in [0.2, 0.25) is 0 Å². The number of hydrogen-bond acceptors (Lipinski definition) is 5. The molecule has 138 valence electrons. The fourth-order valence-electron chi connectivity index (χ4n) is 2.51. The molecule has 0 spiro atoms. The van der Waals surface area contributed by atoms with Crippen LogP contribution in [0.4, 0.5) is 22.9 Å². The predicted octanol–water partition coefficient (Wildman–Crippen LogP) is 3.75. The number of carbonyl (C=O) groups excluding carboxylic acids is 1. The van der Waals surface area contributed by atoms with Crippen molar-refractivity contribution in [1.29, 1.82) is 0 Å².